The smallest absolute Gasteiger partial charge is 0.434 e. The topological polar surface area (TPSA) is 69.9 Å². The molecule has 1 aliphatic rings. The van der Waals surface area contributed by atoms with E-state index in [9.17, 15) is 22.8 Å². The number of halogens is 3. The number of allylic oxidation sites excluding steroid dienone is 1. The van der Waals surface area contributed by atoms with E-state index in [1.165, 1.54) is 25.4 Å². The molecule has 6 nitrogen and oxygen atoms in total. The van der Waals surface area contributed by atoms with E-state index in [0.29, 0.717) is 10.8 Å². The molecule has 196 valence electrons. The third-order valence-electron chi connectivity index (χ3n) is 6.18. The average Bonchev–Trinajstić information content (AvgIpc) is 3.44. The highest BCUT2D eigenvalue weighted by molar-refractivity contribution is 7.11. The fourth-order valence-electron chi connectivity index (χ4n) is 4.50. The summed E-state index contributed by atoms with van der Waals surface area (Å²) >= 11 is 2.25. The fourth-order valence-corrected chi connectivity index (χ4v) is 6.42. The highest BCUT2D eigenvalue weighted by Crippen LogP contribution is 2.43. The number of hydrogen-bond acceptors (Lipinski definition) is 7. The van der Waals surface area contributed by atoms with E-state index < -0.39 is 35.0 Å². The van der Waals surface area contributed by atoms with Gasteiger partial charge in [-0.25, -0.2) is 9.79 Å². The monoisotopic (exact) mass is 558 g/mol. The quantitative estimate of drug-likeness (QED) is 0.328. The van der Waals surface area contributed by atoms with Crippen molar-refractivity contribution in [1.82, 2.24) is 4.57 Å². The van der Waals surface area contributed by atoms with Crippen molar-refractivity contribution in [3.05, 3.63) is 94.8 Å². The first kappa shape index (κ1) is 25.9. The first-order chi connectivity index (χ1) is 18.2. The number of benzene rings is 2. The lowest BCUT2D eigenvalue weighted by Gasteiger charge is -2.28. The van der Waals surface area contributed by atoms with Gasteiger partial charge >= 0.3 is 12.1 Å². The van der Waals surface area contributed by atoms with Crippen molar-refractivity contribution in [2.45, 2.75) is 26.1 Å². The number of thiazole rings is 1. The van der Waals surface area contributed by atoms with E-state index in [4.69, 9.17) is 9.47 Å². The van der Waals surface area contributed by atoms with E-state index >= 15 is 0 Å². The molecule has 0 N–H and O–H groups in total. The van der Waals surface area contributed by atoms with Crippen molar-refractivity contribution >= 4 is 45.5 Å². The number of esters is 1. The zero-order valence-corrected chi connectivity index (χ0v) is 22.1. The molecular weight excluding hydrogens is 537 g/mol. The minimum Gasteiger partial charge on any atom is -0.496 e. The number of aromatic nitrogens is 1. The molecule has 11 heteroatoms. The molecule has 4 aromatic rings. The summed E-state index contributed by atoms with van der Waals surface area (Å²) < 4.78 is 55.4. The Balaban J connectivity index is 1.94. The Kier molecular flexibility index (Phi) is 6.74. The summed E-state index contributed by atoms with van der Waals surface area (Å²) in [6.45, 7) is 3.22. The molecule has 0 fully saturated rings. The number of alkyl halides is 3. The number of rotatable bonds is 5. The molecule has 0 bridgehead atoms. The number of carbonyl (C=O) groups is 1. The largest absolute Gasteiger partial charge is 0.496 e. The predicted octanol–water partition coefficient (Wildman–Crippen LogP) is 4.87. The molecule has 1 aliphatic heterocycles. The zero-order chi connectivity index (χ0) is 27.2. The first-order valence-electron chi connectivity index (χ1n) is 11.6. The van der Waals surface area contributed by atoms with Gasteiger partial charge in [0.1, 0.15) is 11.8 Å². The van der Waals surface area contributed by atoms with Gasteiger partial charge in [0, 0.05) is 10.4 Å². The van der Waals surface area contributed by atoms with Crippen molar-refractivity contribution in [3.63, 3.8) is 0 Å². The Labute approximate surface area is 222 Å². The van der Waals surface area contributed by atoms with Crippen LogP contribution in [0.4, 0.5) is 13.2 Å². The lowest BCUT2D eigenvalue weighted by atomic mass is 9.90. The third kappa shape index (κ3) is 4.35. The number of nitrogens with zero attached hydrogens (tertiary/aromatic N) is 2. The average molecular weight is 559 g/mol. The van der Waals surface area contributed by atoms with Crippen molar-refractivity contribution in [2.75, 3.05) is 13.7 Å². The number of carbonyl (C=O) groups excluding carboxylic acids is 1. The maximum Gasteiger partial charge on any atom is 0.434 e. The number of aryl methyl sites for hydroxylation is 1. The van der Waals surface area contributed by atoms with Crippen LogP contribution >= 0.6 is 22.7 Å². The lowest BCUT2D eigenvalue weighted by Crippen LogP contribution is -2.41. The summed E-state index contributed by atoms with van der Waals surface area (Å²) in [5, 5.41) is 3.10. The molecule has 2 aromatic heterocycles. The van der Waals surface area contributed by atoms with E-state index in [1.807, 2.05) is 18.4 Å². The Bertz CT molecular complexity index is 1780. The van der Waals surface area contributed by atoms with Gasteiger partial charge in [-0.2, -0.15) is 13.2 Å². The summed E-state index contributed by atoms with van der Waals surface area (Å²) in [7, 11) is 1.38. The Hall–Kier alpha value is -3.70. The Morgan fingerprint density at radius 3 is 2.61 bits per heavy atom. The van der Waals surface area contributed by atoms with E-state index in [0.717, 1.165) is 26.3 Å². The molecule has 0 saturated heterocycles. The van der Waals surface area contributed by atoms with Crippen LogP contribution in [0.1, 0.15) is 29.0 Å². The second-order valence-corrected chi connectivity index (χ2v) is 10.4. The number of methoxy groups -OCH3 is 1. The predicted molar refractivity (Wildman–Crippen MR) is 140 cm³/mol. The molecule has 0 saturated carbocycles. The zero-order valence-electron chi connectivity index (χ0n) is 20.5. The number of fused-ring (bicyclic) bond motifs is 2. The van der Waals surface area contributed by atoms with Crippen molar-refractivity contribution in [3.8, 4) is 5.75 Å². The second-order valence-electron chi connectivity index (χ2n) is 8.43. The summed E-state index contributed by atoms with van der Waals surface area (Å²) in [5.74, 6) is -0.977. The van der Waals surface area contributed by atoms with Crippen molar-refractivity contribution < 1.29 is 27.4 Å². The normalized spacial score (nSPS) is 15.9. The van der Waals surface area contributed by atoms with E-state index in [1.54, 1.807) is 42.5 Å². The molecule has 0 amide bonds. The van der Waals surface area contributed by atoms with Gasteiger partial charge in [0.2, 0.25) is 0 Å². The first-order valence-corrected chi connectivity index (χ1v) is 13.2. The Morgan fingerprint density at radius 1 is 1.18 bits per heavy atom. The highest BCUT2D eigenvalue weighted by Gasteiger charge is 2.46. The molecular formula is C27H21F3N2O4S2. The van der Waals surface area contributed by atoms with E-state index in [2.05, 4.69) is 4.99 Å². The van der Waals surface area contributed by atoms with E-state index in [-0.39, 0.29) is 27.3 Å². The SMILES string of the molecule is CCOC(=O)C1=C(C(F)(F)F)N=c2s/c(=C\c3sccc3C)c(=O)n2[C@H]1c1c(OC)ccc2ccccc12. The van der Waals surface area contributed by atoms with Gasteiger partial charge in [-0.15, -0.1) is 11.3 Å². The summed E-state index contributed by atoms with van der Waals surface area (Å²) in [5.41, 5.74) is -1.55. The molecule has 5 rings (SSSR count). The van der Waals surface area contributed by atoms with Gasteiger partial charge < -0.3 is 9.47 Å². The summed E-state index contributed by atoms with van der Waals surface area (Å²) in [6.07, 6.45) is -3.35. The molecule has 1 atom stereocenters. The molecule has 38 heavy (non-hydrogen) atoms. The minimum absolute atomic E-state index is 0.158. The van der Waals surface area contributed by atoms with Crippen LogP contribution in [0.2, 0.25) is 0 Å². The van der Waals surface area contributed by atoms with Crippen LogP contribution in [0.5, 0.6) is 5.75 Å². The highest BCUT2D eigenvalue weighted by atomic mass is 32.1. The van der Waals surface area contributed by atoms with Gasteiger partial charge in [-0.05, 0) is 53.8 Å². The number of ether oxygens (including phenoxy) is 2. The molecule has 3 heterocycles. The van der Waals surface area contributed by atoms with Gasteiger partial charge in [-0.3, -0.25) is 9.36 Å². The lowest BCUT2D eigenvalue weighted by molar-refractivity contribution is -0.140. The Morgan fingerprint density at radius 2 is 1.95 bits per heavy atom. The fraction of sp³-hybridized carbons (Fsp3) is 0.222. The molecule has 2 aromatic carbocycles. The van der Waals surface area contributed by atoms with Gasteiger partial charge in [0.15, 0.2) is 10.5 Å². The maximum atomic E-state index is 14.5. The van der Waals surface area contributed by atoms with Crippen molar-refractivity contribution in [2.24, 2.45) is 4.99 Å². The number of thiophene rings is 1. The standard InChI is InChI=1S/C27H21F3N2O4S2/c1-4-36-25(34)21-22(20-16-8-6-5-7-15(16)9-10-17(20)35-3)32-24(33)19(13-18-14(2)11-12-37-18)38-26(32)31-23(21)27(28,29)30/h5-13,22H,4H2,1-3H3/b19-13-/t22-/m0/s1. The van der Waals surface area contributed by atoms with Crippen LogP contribution in [0.15, 0.2) is 68.9 Å². The van der Waals surface area contributed by atoms with Crippen LogP contribution < -0.4 is 19.6 Å². The van der Waals surface area contributed by atoms with Gasteiger partial charge in [-0.1, -0.05) is 41.7 Å². The van der Waals surface area contributed by atoms with Crippen LogP contribution in [0.3, 0.4) is 0 Å². The summed E-state index contributed by atoms with van der Waals surface area (Å²) in [6, 6.07) is 10.8. The minimum atomic E-state index is -4.99. The second kappa shape index (κ2) is 9.88. The molecule has 0 spiro atoms. The third-order valence-corrected chi connectivity index (χ3v) is 8.13. The van der Waals surface area contributed by atoms with Crippen LogP contribution in [-0.2, 0) is 9.53 Å². The van der Waals surface area contributed by atoms with Crippen molar-refractivity contribution in [1.29, 1.82) is 0 Å². The molecule has 0 aliphatic carbocycles. The number of hydrogen-bond donors (Lipinski definition) is 0. The summed E-state index contributed by atoms with van der Waals surface area (Å²) in [4.78, 5) is 31.5. The maximum absolute atomic E-state index is 14.5. The van der Waals surface area contributed by atoms with Gasteiger partial charge in [0.05, 0.1) is 23.8 Å². The molecule has 0 unspecified atom stereocenters. The van der Waals surface area contributed by atoms with Crippen LogP contribution in [-0.4, -0.2) is 30.4 Å². The van der Waals surface area contributed by atoms with Crippen LogP contribution in [0.25, 0.3) is 16.8 Å². The van der Waals surface area contributed by atoms with Crippen LogP contribution in [0, 0.1) is 6.92 Å². The molecule has 0 radical (unpaired) electrons. The van der Waals surface area contributed by atoms with Gasteiger partial charge in [0.25, 0.3) is 5.56 Å².